The molecule has 0 aliphatic rings. The third-order valence-corrected chi connectivity index (χ3v) is 1.99. The fourth-order valence-corrected chi connectivity index (χ4v) is 1.20. The third-order valence-electron chi connectivity index (χ3n) is 1.99. The monoisotopic (exact) mass is 239 g/mol. The van der Waals surface area contributed by atoms with E-state index < -0.39 is 23.2 Å². The fourth-order valence-electron chi connectivity index (χ4n) is 1.20. The molecule has 2 rings (SSSR count). The van der Waals surface area contributed by atoms with Crippen LogP contribution in [0.3, 0.4) is 0 Å². The van der Waals surface area contributed by atoms with E-state index >= 15 is 0 Å². The lowest BCUT2D eigenvalue weighted by Gasteiger charge is -2.05. The highest BCUT2D eigenvalue weighted by molar-refractivity contribution is 6.05. The van der Waals surface area contributed by atoms with Gasteiger partial charge in [0.15, 0.2) is 11.5 Å². The van der Waals surface area contributed by atoms with Crippen LogP contribution >= 0.6 is 0 Å². The quantitative estimate of drug-likeness (QED) is 0.725. The zero-order chi connectivity index (χ0) is 12.4. The first-order chi connectivity index (χ1) is 8.09. The third kappa shape index (κ3) is 2.05. The van der Waals surface area contributed by atoms with Gasteiger partial charge in [-0.3, -0.25) is 4.79 Å². The van der Waals surface area contributed by atoms with Crippen LogP contribution in [0.25, 0.3) is 0 Å². The molecule has 2 aromatic rings. The Balaban J connectivity index is 2.28. The smallest absolute Gasteiger partial charge is 0.280 e. The molecule has 0 atom stereocenters. The van der Waals surface area contributed by atoms with Gasteiger partial charge in [-0.15, -0.1) is 10.2 Å². The normalized spacial score (nSPS) is 10.2. The Hall–Kier alpha value is -2.51. The van der Waals surface area contributed by atoms with Crippen LogP contribution < -0.4 is 11.1 Å². The topological polar surface area (TPSA) is 96.7 Å². The molecular formula is C9H7F2N5O. The summed E-state index contributed by atoms with van der Waals surface area (Å²) in [7, 11) is 0. The molecule has 0 bridgehead atoms. The second-order valence-corrected chi connectivity index (χ2v) is 3.11. The van der Waals surface area contributed by atoms with Crippen molar-refractivity contribution in [2.75, 3.05) is 11.1 Å². The minimum Gasteiger partial charge on any atom is -0.380 e. The number of carbonyl (C=O) groups is 1. The van der Waals surface area contributed by atoms with Crippen molar-refractivity contribution in [2.24, 2.45) is 0 Å². The summed E-state index contributed by atoms with van der Waals surface area (Å²) in [5.41, 5.74) is 4.53. The first-order valence-electron chi connectivity index (χ1n) is 4.51. The molecule has 0 radical (unpaired) electrons. The maximum absolute atomic E-state index is 13.2. The number of amides is 1. The molecule has 1 heterocycles. The SMILES string of the molecule is Nc1n[nH]nc1C(=O)Nc1c(F)cccc1F. The van der Waals surface area contributed by atoms with E-state index in [1.165, 1.54) is 6.07 Å². The maximum atomic E-state index is 13.2. The minimum absolute atomic E-state index is 0.153. The molecule has 0 fully saturated rings. The van der Waals surface area contributed by atoms with Crippen molar-refractivity contribution in [1.82, 2.24) is 15.4 Å². The molecule has 4 N–H and O–H groups in total. The van der Waals surface area contributed by atoms with E-state index in [1.54, 1.807) is 0 Å². The first-order valence-corrected chi connectivity index (χ1v) is 4.51. The number of anilines is 2. The van der Waals surface area contributed by atoms with Gasteiger partial charge in [-0.25, -0.2) is 8.78 Å². The Morgan fingerprint density at radius 3 is 2.47 bits per heavy atom. The van der Waals surface area contributed by atoms with Gasteiger partial charge in [0, 0.05) is 0 Å². The number of benzene rings is 1. The summed E-state index contributed by atoms with van der Waals surface area (Å²) in [6.07, 6.45) is 0. The molecule has 1 aromatic carbocycles. The van der Waals surface area contributed by atoms with Crippen molar-refractivity contribution < 1.29 is 13.6 Å². The number of H-pyrrole nitrogens is 1. The van der Waals surface area contributed by atoms with Crippen LogP contribution in [-0.2, 0) is 0 Å². The van der Waals surface area contributed by atoms with Gasteiger partial charge in [0.2, 0.25) is 0 Å². The summed E-state index contributed by atoms with van der Waals surface area (Å²) in [5.74, 6) is -2.78. The van der Waals surface area contributed by atoms with Crippen LogP contribution in [0, 0.1) is 11.6 Å². The number of hydrogen-bond acceptors (Lipinski definition) is 4. The molecule has 0 saturated heterocycles. The number of aromatic amines is 1. The summed E-state index contributed by atoms with van der Waals surface area (Å²) >= 11 is 0. The average molecular weight is 239 g/mol. The predicted octanol–water partition coefficient (Wildman–Crippen LogP) is 0.917. The number of hydrogen-bond donors (Lipinski definition) is 3. The molecule has 17 heavy (non-hydrogen) atoms. The van der Waals surface area contributed by atoms with E-state index in [0.29, 0.717) is 0 Å². The Kier molecular flexibility index (Phi) is 2.69. The fraction of sp³-hybridized carbons (Fsp3) is 0. The zero-order valence-corrected chi connectivity index (χ0v) is 8.37. The molecule has 0 spiro atoms. The molecule has 8 heteroatoms. The molecule has 88 valence electrons. The lowest BCUT2D eigenvalue weighted by Crippen LogP contribution is -2.16. The maximum Gasteiger partial charge on any atom is 0.280 e. The van der Waals surface area contributed by atoms with E-state index in [4.69, 9.17) is 5.73 Å². The van der Waals surface area contributed by atoms with Crippen molar-refractivity contribution in [1.29, 1.82) is 0 Å². The molecular weight excluding hydrogens is 232 g/mol. The largest absolute Gasteiger partial charge is 0.380 e. The van der Waals surface area contributed by atoms with Crippen molar-refractivity contribution in [3.05, 3.63) is 35.5 Å². The molecule has 6 nitrogen and oxygen atoms in total. The van der Waals surface area contributed by atoms with Crippen LogP contribution in [-0.4, -0.2) is 21.3 Å². The van der Waals surface area contributed by atoms with E-state index in [9.17, 15) is 13.6 Å². The number of nitrogens with two attached hydrogens (primary N) is 1. The van der Waals surface area contributed by atoms with Gasteiger partial charge >= 0.3 is 0 Å². The van der Waals surface area contributed by atoms with Crippen LogP contribution in [0.15, 0.2) is 18.2 Å². The highest BCUT2D eigenvalue weighted by Gasteiger charge is 2.17. The van der Waals surface area contributed by atoms with Gasteiger partial charge < -0.3 is 11.1 Å². The number of nitrogen functional groups attached to an aromatic ring is 1. The van der Waals surface area contributed by atoms with Gasteiger partial charge in [0.25, 0.3) is 5.91 Å². The van der Waals surface area contributed by atoms with Crippen LogP contribution in [0.1, 0.15) is 10.5 Å². The zero-order valence-electron chi connectivity index (χ0n) is 8.37. The summed E-state index contributed by atoms with van der Waals surface area (Å²) in [6.45, 7) is 0. The van der Waals surface area contributed by atoms with E-state index in [2.05, 4.69) is 15.4 Å². The summed E-state index contributed by atoms with van der Waals surface area (Å²) in [4.78, 5) is 11.6. The van der Waals surface area contributed by atoms with Gasteiger partial charge in [0.05, 0.1) is 0 Å². The molecule has 0 saturated carbocycles. The van der Waals surface area contributed by atoms with Gasteiger partial charge in [-0.1, -0.05) is 6.07 Å². The number of carbonyl (C=O) groups excluding carboxylic acids is 1. The van der Waals surface area contributed by atoms with Crippen LogP contribution in [0.4, 0.5) is 20.3 Å². The lowest BCUT2D eigenvalue weighted by atomic mass is 10.2. The van der Waals surface area contributed by atoms with E-state index in [0.717, 1.165) is 12.1 Å². The summed E-state index contributed by atoms with van der Waals surface area (Å²) in [6, 6.07) is 3.22. The van der Waals surface area contributed by atoms with Crippen molar-refractivity contribution in [3.8, 4) is 0 Å². The average Bonchev–Trinajstić information content (AvgIpc) is 2.70. The number of para-hydroxylation sites is 1. The molecule has 0 aliphatic heterocycles. The number of rotatable bonds is 2. The summed E-state index contributed by atoms with van der Waals surface area (Å²) < 4.78 is 26.4. The van der Waals surface area contributed by atoms with E-state index in [1.807, 2.05) is 5.32 Å². The summed E-state index contributed by atoms with van der Waals surface area (Å²) in [5, 5.41) is 11.0. The van der Waals surface area contributed by atoms with Crippen LogP contribution in [0.5, 0.6) is 0 Å². The number of nitrogens with one attached hydrogen (secondary N) is 2. The highest BCUT2D eigenvalue weighted by atomic mass is 19.1. The van der Waals surface area contributed by atoms with Crippen molar-refractivity contribution in [3.63, 3.8) is 0 Å². The van der Waals surface area contributed by atoms with Gasteiger partial charge in [-0.05, 0) is 12.1 Å². The molecule has 1 aromatic heterocycles. The molecule has 1 amide bonds. The number of nitrogens with zero attached hydrogens (tertiary/aromatic N) is 2. The standard InChI is InChI=1S/C9H7F2N5O/c10-4-2-1-3-5(11)6(4)13-9(17)7-8(12)15-16-14-7/h1-3H,(H,13,17)(H3,12,14,15,16). The Morgan fingerprint density at radius 1 is 1.29 bits per heavy atom. The lowest BCUT2D eigenvalue weighted by molar-refractivity contribution is 0.102. The Labute approximate surface area is 93.8 Å². The van der Waals surface area contributed by atoms with Gasteiger partial charge in [0.1, 0.15) is 17.3 Å². The van der Waals surface area contributed by atoms with Crippen molar-refractivity contribution in [2.45, 2.75) is 0 Å². The second kappa shape index (κ2) is 4.16. The predicted molar refractivity (Wildman–Crippen MR) is 55.1 cm³/mol. The van der Waals surface area contributed by atoms with Crippen molar-refractivity contribution >= 4 is 17.4 Å². The number of aromatic nitrogens is 3. The second-order valence-electron chi connectivity index (χ2n) is 3.11. The minimum atomic E-state index is -0.889. The highest BCUT2D eigenvalue weighted by Crippen LogP contribution is 2.19. The molecule has 0 unspecified atom stereocenters. The van der Waals surface area contributed by atoms with Gasteiger partial charge in [-0.2, -0.15) is 5.21 Å². The Bertz CT molecular complexity index is 548. The van der Waals surface area contributed by atoms with Crippen LogP contribution in [0.2, 0.25) is 0 Å². The Morgan fingerprint density at radius 2 is 1.94 bits per heavy atom. The number of halogens is 2. The van der Waals surface area contributed by atoms with E-state index in [-0.39, 0.29) is 11.5 Å². The first kappa shape index (κ1) is 11.0. The molecule has 0 aliphatic carbocycles.